The second-order valence-electron chi connectivity index (χ2n) is 7.50. The van der Waals surface area contributed by atoms with E-state index >= 15 is 0 Å². The first-order valence-electron chi connectivity index (χ1n) is 9.52. The first-order valence-corrected chi connectivity index (χ1v) is 9.52. The van der Waals surface area contributed by atoms with Crippen LogP contribution in [0.5, 0.6) is 11.5 Å². The zero-order valence-electron chi connectivity index (χ0n) is 17.2. The molecule has 3 aromatic rings. The lowest BCUT2D eigenvalue weighted by Crippen LogP contribution is -2.13. The number of nitrogens with two attached hydrogens (primary N) is 1. The van der Waals surface area contributed by atoms with E-state index < -0.39 is 5.91 Å². The summed E-state index contributed by atoms with van der Waals surface area (Å²) in [7, 11) is 4.00. The number of amides is 1. The summed E-state index contributed by atoms with van der Waals surface area (Å²) in [6.45, 7) is 4.84. The summed E-state index contributed by atoms with van der Waals surface area (Å²) >= 11 is 0. The molecule has 0 unspecified atom stereocenters. The normalized spacial score (nSPS) is 12.3. The number of fused-ring (bicyclic) bond motifs is 1. The quantitative estimate of drug-likeness (QED) is 0.720. The Balaban J connectivity index is 1.78. The summed E-state index contributed by atoms with van der Waals surface area (Å²) in [6.07, 6.45) is 0. The third kappa shape index (κ3) is 3.31. The van der Waals surface area contributed by atoms with E-state index in [2.05, 4.69) is 4.57 Å². The van der Waals surface area contributed by atoms with Crippen molar-refractivity contribution in [1.29, 1.82) is 0 Å². The molecule has 2 N–H and O–H groups in total. The number of nitrogens with zero attached hydrogens (tertiary/aromatic N) is 2. The van der Waals surface area contributed by atoms with Crippen LogP contribution < -0.4 is 20.1 Å². The van der Waals surface area contributed by atoms with Gasteiger partial charge in [-0.25, -0.2) is 0 Å². The van der Waals surface area contributed by atoms with Crippen LogP contribution in [0, 0.1) is 13.8 Å². The molecule has 0 spiro atoms. The molecule has 1 aliphatic heterocycles. The van der Waals surface area contributed by atoms with Gasteiger partial charge in [0.1, 0.15) is 0 Å². The van der Waals surface area contributed by atoms with Crippen molar-refractivity contribution in [3.05, 3.63) is 65.0 Å². The van der Waals surface area contributed by atoms with Crippen molar-refractivity contribution in [2.45, 2.75) is 20.4 Å². The number of hydrogen-bond acceptors (Lipinski definition) is 4. The van der Waals surface area contributed by atoms with Gasteiger partial charge >= 0.3 is 0 Å². The topological polar surface area (TPSA) is 69.7 Å². The largest absolute Gasteiger partial charge is 0.454 e. The lowest BCUT2D eigenvalue weighted by atomic mass is 10.00. The molecule has 1 amide bonds. The van der Waals surface area contributed by atoms with E-state index in [1.54, 1.807) is 0 Å². The van der Waals surface area contributed by atoms with Gasteiger partial charge in [0.15, 0.2) is 11.5 Å². The monoisotopic (exact) mass is 391 g/mol. The molecule has 4 rings (SSSR count). The van der Waals surface area contributed by atoms with E-state index in [0.29, 0.717) is 12.1 Å². The van der Waals surface area contributed by atoms with Crippen LogP contribution in [-0.2, 0) is 6.54 Å². The van der Waals surface area contributed by atoms with Gasteiger partial charge in [0.25, 0.3) is 5.91 Å². The van der Waals surface area contributed by atoms with Crippen molar-refractivity contribution in [2.75, 3.05) is 25.8 Å². The van der Waals surface area contributed by atoms with E-state index in [9.17, 15) is 4.79 Å². The van der Waals surface area contributed by atoms with Gasteiger partial charge in [0.05, 0.1) is 5.56 Å². The Labute approximate surface area is 170 Å². The van der Waals surface area contributed by atoms with Crippen LogP contribution in [0.15, 0.2) is 42.5 Å². The SMILES string of the molecule is Cc1c(C(N)=O)c(-c2ccc(N(C)C)cc2)c(C)n1Cc1ccc2c(c1)OCO2. The third-order valence-electron chi connectivity index (χ3n) is 5.48. The number of rotatable bonds is 5. The maximum atomic E-state index is 12.3. The molecule has 2 aromatic carbocycles. The second kappa shape index (κ2) is 7.20. The number of carbonyl (C=O) groups excluding carboxylic acids is 1. The van der Waals surface area contributed by atoms with E-state index in [1.807, 2.05) is 75.3 Å². The van der Waals surface area contributed by atoms with Crippen LogP contribution in [0.1, 0.15) is 27.3 Å². The van der Waals surface area contributed by atoms with Gasteiger partial charge in [-0.15, -0.1) is 0 Å². The molecule has 2 heterocycles. The van der Waals surface area contributed by atoms with Crippen LogP contribution in [0.2, 0.25) is 0 Å². The number of benzene rings is 2. The number of aromatic nitrogens is 1. The summed E-state index contributed by atoms with van der Waals surface area (Å²) in [5.74, 6) is 1.09. The predicted molar refractivity (Wildman–Crippen MR) is 114 cm³/mol. The van der Waals surface area contributed by atoms with E-state index in [-0.39, 0.29) is 6.79 Å². The van der Waals surface area contributed by atoms with Gasteiger partial charge in [-0.05, 0) is 49.2 Å². The van der Waals surface area contributed by atoms with E-state index in [1.165, 1.54) is 0 Å². The minimum atomic E-state index is -0.415. The number of hydrogen-bond donors (Lipinski definition) is 1. The summed E-state index contributed by atoms with van der Waals surface area (Å²) in [5.41, 5.74) is 12.3. The number of ether oxygens (including phenoxy) is 2. The Bertz CT molecular complexity index is 1080. The van der Waals surface area contributed by atoms with Crippen molar-refractivity contribution < 1.29 is 14.3 Å². The Hall–Kier alpha value is -3.41. The second-order valence-corrected chi connectivity index (χ2v) is 7.50. The van der Waals surface area contributed by atoms with Gasteiger partial charge in [-0.1, -0.05) is 18.2 Å². The number of anilines is 1. The van der Waals surface area contributed by atoms with E-state index in [4.69, 9.17) is 15.2 Å². The van der Waals surface area contributed by atoms with Gasteiger partial charge in [-0.3, -0.25) is 4.79 Å². The van der Waals surface area contributed by atoms with Crippen molar-refractivity contribution in [1.82, 2.24) is 4.57 Å². The van der Waals surface area contributed by atoms with Crippen LogP contribution in [0.3, 0.4) is 0 Å². The zero-order chi connectivity index (χ0) is 20.7. The fourth-order valence-corrected chi connectivity index (χ4v) is 3.92. The molecule has 29 heavy (non-hydrogen) atoms. The van der Waals surface area contributed by atoms with Gasteiger partial charge in [-0.2, -0.15) is 0 Å². The van der Waals surface area contributed by atoms with Crippen LogP contribution in [0.25, 0.3) is 11.1 Å². The van der Waals surface area contributed by atoms with E-state index in [0.717, 1.165) is 45.3 Å². The highest BCUT2D eigenvalue weighted by molar-refractivity contribution is 6.02. The van der Waals surface area contributed by atoms with Crippen molar-refractivity contribution in [2.24, 2.45) is 5.73 Å². The molecular formula is C23H25N3O3. The average molecular weight is 391 g/mol. The molecule has 0 saturated heterocycles. The van der Waals surface area contributed by atoms with Gasteiger partial charge in [0, 0.05) is 43.3 Å². The number of carbonyl (C=O) groups is 1. The Morgan fingerprint density at radius 3 is 2.38 bits per heavy atom. The molecule has 0 aliphatic carbocycles. The maximum Gasteiger partial charge on any atom is 0.251 e. The summed E-state index contributed by atoms with van der Waals surface area (Å²) in [6, 6.07) is 14.1. The highest BCUT2D eigenvalue weighted by Crippen LogP contribution is 2.36. The molecular weight excluding hydrogens is 366 g/mol. The molecule has 0 atom stereocenters. The lowest BCUT2D eigenvalue weighted by Gasteiger charge is -2.13. The van der Waals surface area contributed by atoms with Crippen molar-refractivity contribution in [3.8, 4) is 22.6 Å². The molecule has 1 aliphatic rings. The smallest absolute Gasteiger partial charge is 0.251 e. The molecule has 150 valence electrons. The van der Waals surface area contributed by atoms with Gasteiger partial charge in [0.2, 0.25) is 6.79 Å². The minimum absolute atomic E-state index is 0.249. The van der Waals surface area contributed by atoms with Crippen molar-refractivity contribution in [3.63, 3.8) is 0 Å². The molecule has 0 fully saturated rings. The summed E-state index contributed by atoms with van der Waals surface area (Å²) in [4.78, 5) is 14.4. The molecule has 1 aromatic heterocycles. The summed E-state index contributed by atoms with van der Waals surface area (Å²) < 4.78 is 13.0. The number of primary amides is 1. The molecule has 6 heteroatoms. The lowest BCUT2D eigenvalue weighted by molar-refractivity contribution is 0.1000. The predicted octanol–water partition coefficient (Wildman–Crippen LogP) is 3.71. The summed E-state index contributed by atoms with van der Waals surface area (Å²) in [5, 5.41) is 0. The fourth-order valence-electron chi connectivity index (χ4n) is 3.92. The van der Waals surface area contributed by atoms with Crippen LogP contribution >= 0.6 is 0 Å². The average Bonchev–Trinajstić information content (AvgIpc) is 3.25. The standard InChI is InChI=1S/C23H25N3O3/c1-14-21(17-6-8-18(9-7-17)25(3)4)22(23(24)27)15(2)26(14)12-16-5-10-19-20(11-16)29-13-28-19/h5-11H,12-13H2,1-4H3,(H2,24,27). The molecule has 0 saturated carbocycles. The van der Waals surface area contributed by atoms with Crippen LogP contribution in [-0.4, -0.2) is 31.4 Å². The third-order valence-corrected chi connectivity index (χ3v) is 5.48. The highest BCUT2D eigenvalue weighted by Gasteiger charge is 2.23. The first-order chi connectivity index (χ1) is 13.9. The Morgan fingerprint density at radius 1 is 1.03 bits per heavy atom. The Kier molecular flexibility index (Phi) is 4.70. The molecule has 0 bridgehead atoms. The minimum Gasteiger partial charge on any atom is -0.454 e. The Morgan fingerprint density at radius 2 is 1.72 bits per heavy atom. The fraction of sp³-hybridized carbons (Fsp3) is 0.261. The van der Waals surface area contributed by atoms with Gasteiger partial charge < -0.3 is 24.7 Å². The first kappa shape index (κ1) is 18.9. The molecule has 6 nitrogen and oxygen atoms in total. The maximum absolute atomic E-state index is 12.3. The van der Waals surface area contributed by atoms with Crippen LogP contribution in [0.4, 0.5) is 5.69 Å². The molecule has 0 radical (unpaired) electrons. The van der Waals surface area contributed by atoms with Crippen molar-refractivity contribution >= 4 is 11.6 Å². The zero-order valence-corrected chi connectivity index (χ0v) is 17.2. The highest BCUT2D eigenvalue weighted by atomic mass is 16.7.